The molecule has 4 rings (SSSR count). The first-order valence-corrected chi connectivity index (χ1v) is 11.6. The van der Waals surface area contributed by atoms with E-state index in [0.717, 1.165) is 37.8 Å². The van der Waals surface area contributed by atoms with Crippen LogP contribution in [0.5, 0.6) is 0 Å². The van der Waals surface area contributed by atoms with Crippen molar-refractivity contribution in [1.29, 1.82) is 0 Å². The molecule has 6 heteroatoms. The zero-order valence-corrected chi connectivity index (χ0v) is 18.9. The molecule has 1 saturated heterocycles. The third-order valence-corrected chi connectivity index (χ3v) is 6.16. The number of hydrogen-bond acceptors (Lipinski definition) is 4. The lowest BCUT2D eigenvalue weighted by Crippen LogP contribution is -2.39. The number of nitrogens with one attached hydrogen (secondary N) is 1. The highest BCUT2D eigenvalue weighted by Gasteiger charge is 2.25. The summed E-state index contributed by atoms with van der Waals surface area (Å²) in [5.74, 6) is 1.04. The molecular weight excluding hydrogens is 402 g/mol. The van der Waals surface area contributed by atoms with E-state index in [1.165, 1.54) is 5.56 Å². The van der Waals surface area contributed by atoms with Gasteiger partial charge in [0, 0.05) is 37.2 Å². The molecule has 6 nitrogen and oxygen atoms in total. The third-order valence-electron chi connectivity index (χ3n) is 6.16. The lowest BCUT2D eigenvalue weighted by atomic mass is 9.93. The number of likely N-dealkylation sites (tertiary alicyclic amines) is 1. The number of carbonyl (C=O) groups is 2. The molecule has 3 aromatic rings. The maximum Gasteiger partial charge on any atom is 0.253 e. The average molecular weight is 434 g/mol. The van der Waals surface area contributed by atoms with Crippen LogP contribution in [0.25, 0.3) is 22.6 Å². The maximum atomic E-state index is 13.0. The van der Waals surface area contributed by atoms with Crippen molar-refractivity contribution in [2.75, 3.05) is 19.6 Å². The van der Waals surface area contributed by atoms with Gasteiger partial charge in [-0.2, -0.15) is 0 Å². The van der Waals surface area contributed by atoms with Crippen LogP contribution in [0.1, 0.15) is 54.9 Å². The van der Waals surface area contributed by atoms with Crippen molar-refractivity contribution >= 4 is 22.9 Å². The maximum absolute atomic E-state index is 13.0. The highest BCUT2D eigenvalue weighted by atomic mass is 16.3. The van der Waals surface area contributed by atoms with Crippen LogP contribution in [0, 0.1) is 12.8 Å². The van der Waals surface area contributed by atoms with E-state index < -0.39 is 0 Å². The molecule has 1 N–H and O–H groups in total. The van der Waals surface area contributed by atoms with Crippen molar-refractivity contribution in [1.82, 2.24) is 15.2 Å². The summed E-state index contributed by atoms with van der Waals surface area (Å²) in [6, 6.07) is 13.5. The van der Waals surface area contributed by atoms with Crippen molar-refractivity contribution < 1.29 is 14.0 Å². The van der Waals surface area contributed by atoms with Gasteiger partial charge in [-0.05, 0) is 62.4 Å². The number of oxazole rings is 1. The van der Waals surface area contributed by atoms with Crippen molar-refractivity contribution in [2.24, 2.45) is 5.92 Å². The van der Waals surface area contributed by atoms with Gasteiger partial charge in [-0.15, -0.1) is 0 Å². The monoisotopic (exact) mass is 433 g/mol. The van der Waals surface area contributed by atoms with Crippen LogP contribution in [0.2, 0.25) is 0 Å². The standard InChI is InChI=1S/C26H31N3O3/c1-3-4-13-27-24(30)16-19-11-14-29(15-12-19)26(31)21-9-10-23-22(17-21)28-25(32-23)20-7-5-18(2)6-8-20/h5-10,17,19H,3-4,11-16H2,1-2H3,(H,27,30). The Morgan fingerprint density at radius 2 is 1.88 bits per heavy atom. The Labute approximate surface area is 189 Å². The molecule has 0 radical (unpaired) electrons. The number of amides is 2. The van der Waals surface area contributed by atoms with E-state index in [2.05, 4.69) is 17.2 Å². The Balaban J connectivity index is 1.37. The molecule has 1 aromatic heterocycles. The van der Waals surface area contributed by atoms with Crippen LogP contribution in [0.15, 0.2) is 46.9 Å². The van der Waals surface area contributed by atoms with Crippen LogP contribution in [-0.4, -0.2) is 41.3 Å². The van der Waals surface area contributed by atoms with Crippen molar-refractivity contribution in [3.8, 4) is 11.5 Å². The SMILES string of the molecule is CCCCNC(=O)CC1CCN(C(=O)c2ccc3oc(-c4ccc(C)cc4)nc3c2)CC1. The van der Waals surface area contributed by atoms with E-state index in [9.17, 15) is 9.59 Å². The van der Waals surface area contributed by atoms with E-state index >= 15 is 0 Å². The van der Waals surface area contributed by atoms with Gasteiger partial charge in [0.15, 0.2) is 5.58 Å². The minimum Gasteiger partial charge on any atom is -0.436 e. The molecule has 1 aliphatic heterocycles. The molecule has 0 saturated carbocycles. The molecule has 1 aliphatic rings. The summed E-state index contributed by atoms with van der Waals surface area (Å²) in [6.07, 6.45) is 4.36. The number of aromatic nitrogens is 1. The van der Waals surface area contributed by atoms with Crippen LogP contribution >= 0.6 is 0 Å². The Morgan fingerprint density at radius 1 is 1.12 bits per heavy atom. The zero-order valence-electron chi connectivity index (χ0n) is 18.9. The summed E-state index contributed by atoms with van der Waals surface area (Å²) in [5, 5.41) is 2.99. The van der Waals surface area contributed by atoms with E-state index in [1.54, 1.807) is 0 Å². The summed E-state index contributed by atoms with van der Waals surface area (Å²) < 4.78 is 5.89. The number of carbonyl (C=O) groups excluding carboxylic acids is 2. The summed E-state index contributed by atoms with van der Waals surface area (Å²) in [4.78, 5) is 31.6. The Hall–Kier alpha value is -3.15. The fourth-order valence-corrected chi connectivity index (χ4v) is 4.14. The highest BCUT2D eigenvalue weighted by molar-refractivity contribution is 5.97. The zero-order chi connectivity index (χ0) is 22.5. The van der Waals surface area contributed by atoms with Crippen molar-refractivity contribution in [2.45, 2.75) is 46.0 Å². The molecule has 0 unspecified atom stereocenters. The molecular formula is C26H31N3O3. The molecule has 0 aliphatic carbocycles. The predicted molar refractivity (Wildman–Crippen MR) is 125 cm³/mol. The largest absolute Gasteiger partial charge is 0.436 e. The Bertz CT molecular complexity index is 1080. The van der Waals surface area contributed by atoms with Gasteiger partial charge < -0.3 is 14.6 Å². The lowest BCUT2D eigenvalue weighted by molar-refractivity contribution is -0.122. The van der Waals surface area contributed by atoms with E-state index in [-0.39, 0.29) is 11.8 Å². The van der Waals surface area contributed by atoms with Crippen LogP contribution in [-0.2, 0) is 4.79 Å². The highest BCUT2D eigenvalue weighted by Crippen LogP contribution is 2.27. The average Bonchev–Trinajstić information content (AvgIpc) is 3.23. The summed E-state index contributed by atoms with van der Waals surface area (Å²) in [7, 11) is 0. The molecule has 2 amide bonds. The quantitative estimate of drug-likeness (QED) is 0.534. The van der Waals surface area contributed by atoms with E-state index in [1.807, 2.05) is 54.3 Å². The van der Waals surface area contributed by atoms with Gasteiger partial charge in [-0.1, -0.05) is 31.0 Å². The first kappa shape index (κ1) is 22.1. The lowest BCUT2D eigenvalue weighted by Gasteiger charge is -2.31. The minimum atomic E-state index is 0.0117. The minimum absolute atomic E-state index is 0.0117. The molecule has 0 spiro atoms. The second-order valence-corrected chi connectivity index (χ2v) is 8.71. The topological polar surface area (TPSA) is 75.4 Å². The molecule has 2 heterocycles. The fraction of sp³-hybridized carbons (Fsp3) is 0.423. The van der Waals surface area contributed by atoms with Gasteiger partial charge in [-0.3, -0.25) is 9.59 Å². The fourth-order valence-electron chi connectivity index (χ4n) is 4.14. The van der Waals surface area contributed by atoms with E-state index in [4.69, 9.17) is 4.42 Å². The number of rotatable bonds is 7. The predicted octanol–water partition coefficient (Wildman–Crippen LogP) is 4.96. The van der Waals surface area contributed by atoms with Gasteiger partial charge in [0.25, 0.3) is 5.91 Å². The van der Waals surface area contributed by atoms with Crippen LogP contribution < -0.4 is 5.32 Å². The summed E-state index contributed by atoms with van der Waals surface area (Å²) in [5.41, 5.74) is 4.08. The first-order chi connectivity index (χ1) is 15.5. The second-order valence-electron chi connectivity index (χ2n) is 8.71. The smallest absolute Gasteiger partial charge is 0.253 e. The molecule has 1 fully saturated rings. The number of benzene rings is 2. The number of piperidine rings is 1. The molecule has 2 aromatic carbocycles. The third kappa shape index (κ3) is 5.18. The molecule has 32 heavy (non-hydrogen) atoms. The van der Waals surface area contributed by atoms with E-state index in [0.29, 0.717) is 48.0 Å². The number of fused-ring (bicyclic) bond motifs is 1. The van der Waals surface area contributed by atoms with Crippen LogP contribution in [0.3, 0.4) is 0 Å². The summed E-state index contributed by atoms with van der Waals surface area (Å²) in [6.45, 7) is 6.26. The van der Waals surface area contributed by atoms with Gasteiger partial charge in [-0.25, -0.2) is 4.98 Å². The number of aryl methyl sites for hydroxylation is 1. The van der Waals surface area contributed by atoms with Gasteiger partial charge in [0.1, 0.15) is 5.52 Å². The van der Waals surface area contributed by atoms with Crippen LogP contribution in [0.4, 0.5) is 0 Å². The second kappa shape index (κ2) is 9.98. The number of hydrogen-bond donors (Lipinski definition) is 1. The molecule has 0 bridgehead atoms. The van der Waals surface area contributed by atoms with Gasteiger partial charge in [0.2, 0.25) is 11.8 Å². The first-order valence-electron chi connectivity index (χ1n) is 11.6. The summed E-state index contributed by atoms with van der Waals surface area (Å²) >= 11 is 0. The molecule has 0 atom stereocenters. The molecule has 168 valence electrons. The Morgan fingerprint density at radius 3 is 2.59 bits per heavy atom. The van der Waals surface area contributed by atoms with Crippen molar-refractivity contribution in [3.63, 3.8) is 0 Å². The van der Waals surface area contributed by atoms with Crippen molar-refractivity contribution in [3.05, 3.63) is 53.6 Å². The van der Waals surface area contributed by atoms with Gasteiger partial charge >= 0.3 is 0 Å². The number of unbranched alkanes of at least 4 members (excludes halogenated alkanes) is 1. The normalized spacial score (nSPS) is 14.6. The Kier molecular flexibility index (Phi) is 6.88. The number of nitrogens with zero attached hydrogens (tertiary/aromatic N) is 2. The van der Waals surface area contributed by atoms with Gasteiger partial charge in [0.05, 0.1) is 0 Å².